The molecule has 0 aliphatic carbocycles. The average molecular weight is 1070 g/mol. The Balaban J connectivity index is 7.59. The lowest BCUT2D eigenvalue weighted by Crippen LogP contribution is -2.70. The first-order valence-electron chi connectivity index (χ1n) is 22.4. The molecule has 418 valence electrons. The third-order valence-corrected chi connectivity index (χ3v) is 9.94. The summed E-state index contributed by atoms with van der Waals surface area (Å²) in [7, 11) is 0. The van der Waals surface area contributed by atoms with Crippen molar-refractivity contribution in [2.24, 2.45) is 23.1 Å². The molecule has 0 radical (unpaired) electrons. The number of nitrogens with one attached hydrogen (secondary N) is 14. The zero-order valence-electron chi connectivity index (χ0n) is 40.7. The van der Waals surface area contributed by atoms with E-state index >= 15 is 0 Å². The SMILES string of the molecule is CC[C@@H](C)[C@H](C=O)N[C@H](NC(=O)[C@@H](NC(=O)[C@@H](NC(=O)[C@H](NCC=O)NC(C)=O)N[C@@H](C=O)CC(=O)O)N[C@@H](C=O)CC(=O)O)C(=O)N[C@H](N[C@@H](C=O)CC(N)=O)C(=O)N[C@@H](N[C@@H](C=O)CCCNC(=N)N)C(N)=O. The first-order chi connectivity index (χ1) is 35.3. The predicted octanol–water partition coefficient (Wildman–Crippen LogP) is -11.1. The van der Waals surface area contributed by atoms with Crippen LogP contribution < -0.4 is 86.3 Å². The molecule has 0 aliphatic heterocycles. The second-order valence-electron chi connectivity index (χ2n) is 16.0. The maximum absolute atomic E-state index is 14.3. The van der Waals surface area contributed by atoms with Gasteiger partial charge in [-0.2, -0.15) is 0 Å². The van der Waals surface area contributed by atoms with Gasteiger partial charge in [-0.05, 0) is 18.8 Å². The summed E-state index contributed by atoms with van der Waals surface area (Å²) in [5.41, 5.74) is 16.0. The summed E-state index contributed by atoms with van der Waals surface area (Å²) in [6.07, 6.45) is -14.5. The number of nitrogens with two attached hydrogens (primary N) is 3. The lowest BCUT2D eigenvalue weighted by molar-refractivity contribution is -0.140. The second-order valence-corrected chi connectivity index (χ2v) is 16.0. The van der Waals surface area contributed by atoms with Crippen molar-refractivity contribution in [1.82, 2.24) is 69.1 Å². The molecular formula is C40H65N17O18. The van der Waals surface area contributed by atoms with E-state index in [4.69, 9.17) is 22.6 Å². The molecule has 0 saturated heterocycles. The molecule has 0 aromatic carbocycles. The molecule has 35 nitrogen and oxygen atoms in total. The topological polar surface area (TPSA) is 572 Å². The average Bonchev–Trinajstić information content (AvgIpc) is 3.34. The fourth-order valence-electron chi connectivity index (χ4n) is 6.04. The predicted molar refractivity (Wildman–Crippen MR) is 252 cm³/mol. The minimum absolute atomic E-state index is 0.00234. The van der Waals surface area contributed by atoms with Gasteiger partial charge in [0, 0.05) is 19.9 Å². The molecular weight excluding hydrogens is 1010 g/mol. The van der Waals surface area contributed by atoms with Gasteiger partial charge < -0.3 is 93.4 Å². The van der Waals surface area contributed by atoms with E-state index < -0.39 is 158 Å². The van der Waals surface area contributed by atoms with Crippen molar-refractivity contribution in [3.8, 4) is 0 Å². The number of aldehydes is 6. The van der Waals surface area contributed by atoms with Crippen LogP contribution in [0.15, 0.2) is 0 Å². The number of primary amides is 2. The van der Waals surface area contributed by atoms with Crippen LogP contribution in [0.2, 0.25) is 0 Å². The van der Waals surface area contributed by atoms with Crippen LogP contribution in [0.5, 0.6) is 0 Å². The number of aliphatic carboxylic acids is 2. The number of hydrogen-bond acceptors (Lipinski definition) is 23. The van der Waals surface area contributed by atoms with E-state index in [0.29, 0.717) is 12.6 Å². The maximum Gasteiger partial charge on any atom is 0.305 e. The van der Waals surface area contributed by atoms with Crippen LogP contribution in [-0.2, 0) is 76.7 Å². The molecule has 0 aromatic rings. The fraction of sp³-hybridized carbons (Fsp3) is 0.575. The number of guanidine groups is 1. The first-order valence-corrected chi connectivity index (χ1v) is 22.4. The summed E-state index contributed by atoms with van der Waals surface area (Å²) in [5.74, 6) is -15.0. The highest BCUT2D eigenvalue weighted by Crippen LogP contribution is 2.07. The molecule has 0 spiro atoms. The van der Waals surface area contributed by atoms with E-state index in [9.17, 15) is 86.9 Å². The Labute approximate surface area is 426 Å². The fourth-order valence-corrected chi connectivity index (χ4v) is 6.04. The van der Waals surface area contributed by atoms with Crippen LogP contribution in [0.3, 0.4) is 0 Å². The lowest BCUT2D eigenvalue weighted by Gasteiger charge is -2.31. The minimum Gasteiger partial charge on any atom is -0.481 e. The Kier molecular flexibility index (Phi) is 31.9. The van der Waals surface area contributed by atoms with Crippen molar-refractivity contribution >= 4 is 103 Å². The van der Waals surface area contributed by atoms with Crippen LogP contribution in [0.4, 0.5) is 0 Å². The van der Waals surface area contributed by atoms with Gasteiger partial charge >= 0.3 is 11.9 Å². The summed E-state index contributed by atoms with van der Waals surface area (Å²) in [6, 6.07) is -7.91. The molecule has 75 heavy (non-hydrogen) atoms. The molecule has 0 aromatic heterocycles. The molecule has 0 aliphatic rings. The van der Waals surface area contributed by atoms with Crippen molar-refractivity contribution in [3.05, 3.63) is 0 Å². The number of amides is 8. The van der Waals surface area contributed by atoms with Gasteiger partial charge in [0.2, 0.25) is 11.8 Å². The van der Waals surface area contributed by atoms with E-state index in [1.54, 1.807) is 6.92 Å². The Hall–Kier alpha value is -8.25. The van der Waals surface area contributed by atoms with Crippen molar-refractivity contribution < 1.29 is 86.9 Å². The molecule has 0 fully saturated rings. The number of hydrogen-bond donors (Lipinski definition) is 19. The van der Waals surface area contributed by atoms with E-state index in [2.05, 4.69) is 58.5 Å². The van der Waals surface area contributed by atoms with Gasteiger partial charge in [-0.15, -0.1) is 0 Å². The van der Waals surface area contributed by atoms with Gasteiger partial charge in [-0.1, -0.05) is 20.3 Å². The van der Waals surface area contributed by atoms with Gasteiger partial charge in [0.15, 0.2) is 43.0 Å². The third-order valence-electron chi connectivity index (χ3n) is 9.94. The monoisotopic (exact) mass is 1070 g/mol. The van der Waals surface area contributed by atoms with Crippen molar-refractivity contribution in [2.75, 3.05) is 13.1 Å². The number of carbonyl (C=O) groups excluding carboxylic acids is 14. The molecule has 0 saturated carbocycles. The van der Waals surface area contributed by atoms with Gasteiger partial charge in [0.1, 0.15) is 37.7 Å². The molecule has 35 heteroatoms. The van der Waals surface area contributed by atoms with Gasteiger partial charge in [-0.3, -0.25) is 85.3 Å². The van der Waals surface area contributed by atoms with E-state index in [1.807, 2.05) is 10.6 Å². The minimum atomic E-state index is -2.41. The summed E-state index contributed by atoms with van der Waals surface area (Å²) in [6.45, 7) is 3.63. The third kappa shape index (κ3) is 27.4. The maximum atomic E-state index is 14.3. The molecule has 22 N–H and O–H groups in total. The molecule has 8 amide bonds. The highest BCUT2D eigenvalue weighted by molar-refractivity contribution is 5.97. The Bertz CT molecular complexity index is 2070. The summed E-state index contributed by atoms with van der Waals surface area (Å²) in [4.78, 5) is 201. The number of carboxylic acid groups (broad SMARTS) is 2. The van der Waals surface area contributed by atoms with Gasteiger partial charge in [-0.25, -0.2) is 0 Å². The van der Waals surface area contributed by atoms with Gasteiger partial charge in [0.05, 0.1) is 49.6 Å². The molecule has 12 atom stereocenters. The van der Waals surface area contributed by atoms with Crippen molar-refractivity contribution in [2.45, 2.75) is 126 Å². The lowest BCUT2D eigenvalue weighted by atomic mass is 10.00. The standard InChI is InChI=1S/C40H65N17O18/c1-4-18(2)24(17-63)52-34(39(75)56-31(49-21(14-60)10-25(41)65)36(72)53-29(28(42)70)48-20(13-59)6-5-7-46-40(43)44)57-38(74)33(51-23(16-62)12-27(68)69)55-37(73)32(50-22(15-61)11-26(66)67)54-35(71)30(45-8-9-58)47-19(3)64/h9,13-18,20-24,29-34,45,48-52H,4-8,10-12H2,1-3H3,(H2,41,65)(H2,42,70)(H,47,64)(H,53,72)(H,54,71)(H,55,73)(H,56,75)(H,57,74)(H,66,67)(H,68,69)(H4,43,44,46)/t18-,20-,21-,22-,23-,24+,29-,30-,31+,32-,33-,34-/m1/s1. The first kappa shape index (κ1) is 66.8. The molecule has 0 bridgehead atoms. The number of rotatable bonds is 42. The Morgan fingerprint density at radius 1 is 0.533 bits per heavy atom. The summed E-state index contributed by atoms with van der Waals surface area (Å²) < 4.78 is 0. The highest BCUT2D eigenvalue weighted by atomic mass is 16.4. The normalized spacial score (nSPS) is 15.6. The van der Waals surface area contributed by atoms with Crippen LogP contribution in [0.25, 0.3) is 0 Å². The molecule has 0 unspecified atom stereocenters. The Morgan fingerprint density at radius 3 is 1.25 bits per heavy atom. The number of carbonyl (C=O) groups is 16. The smallest absolute Gasteiger partial charge is 0.305 e. The van der Waals surface area contributed by atoms with Crippen molar-refractivity contribution in [3.63, 3.8) is 0 Å². The largest absolute Gasteiger partial charge is 0.481 e. The number of carboxylic acids is 2. The molecule has 0 heterocycles. The van der Waals surface area contributed by atoms with Crippen LogP contribution >= 0.6 is 0 Å². The quantitative estimate of drug-likeness (QED) is 0.00887. The second kappa shape index (κ2) is 35.8. The Morgan fingerprint density at radius 2 is 0.920 bits per heavy atom. The summed E-state index contributed by atoms with van der Waals surface area (Å²) >= 11 is 0. The van der Waals surface area contributed by atoms with E-state index in [0.717, 1.165) is 6.92 Å². The van der Waals surface area contributed by atoms with E-state index in [1.165, 1.54) is 6.92 Å². The zero-order valence-corrected chi connectivity index (χ0v) is 40.7. The molecule has 0 rings (SSSR count). The highest BCUT2D eigenvalue weighted by Gasteiger charge is 2.37. The van der Waals surface area contributed by atoms with Crippen LogP contribution in [0, 0.1) is 11.3 Å². The van der Waals surface area contributed by atoms with Crippen LogP contribution in [0.1, 0.15) is 59.3 Å². The zero-order chi connectivity index (χ0) is 57.4. The summed E-state index contributed by atoms with van der Waals surface area (Å²) in [5, 5.41) is 54.9. The van der Waals surface area contributed by atoms with Crippen molar-refractivity contribution in [1.29, 1.82) is 5.41 Å². The van der Waals surface area contributed by atoms with Crippen LogP contribution in [-0.4, -0.2) is 193 Å². The van der Waals surface area contributed by atoms with Gasteiger partial charge in [0.25, 0.3) is 35.4 Å². The van der Waals surface area contributed by atoms with E-state index in [-0.39, 0.29) is 56.9 Å².